The van der Waals surface area contributed by atoms with Crippen molar-refractivity contribution in [2.45, 2.75) is 19.8 Å². The summed E-state index contributed by atoms with van der Waals surface area (Å²) in [7, 11) is 0. The number of fused-ring (bicyclic) bond motifs is 1. The predicted molar refractivity (Wildman–Crippen MR) is 75.6 cm³/mol. The van der Waals surface area contributed by atoms with Crippen molar-refractivity contribution in [1.82, 2.24) is 0 Å². The van der Waals surface area contributed by atoms with Crippen LogP contribution in [0.2, 0.25) is 0 Å². The van der Waals surface area contributed by atoms with Gasteiger partial charge in [-0.3, -0.25) is 4.79 Å². The maximum absolute atomic E-state index is 11.5. The lowest BCUT2D eigenvalue weighted by Crippen LogP contribution is -2.20. The molecular formula is C15H11N5O. The Bertz CT molecular complexity index is 755. The first-order chi connectivity index (χ1) is 10.1. The third-order valence-corrected chi connectivity index (χ3v) is 3.10. The molecule has 0 spiro atoms. The van der Waals surface area contributed by atoms with Gasteiger partial charge in [0, 0.05) is 6.42 Å². The minimum atomic E-state index is -0.296. The first-order valence-corrected chi connectivity index (χ1v) is 6.24. The van der Waals surface area contributed by atoms with Crippen LogP contribution in [0.3, 0.4) is 0 Å². The summed E-state index contributed by atoms with van der Waals surface area (Å²) in [4.78, 5) is 11.5. The molecule has 0 fully saturated rings. The van der Waals surface area contributed by atoms with Crippen LogP contribution in [0.5, 0.6) is 0 Å². The zero-order chi connectivity index (χ0) is 15.4. The third-order valence-electron chi connectivity index (χ3n) is 3.10. The van der Waals surface area contributed by atoms with Crippen LogP contribution in [0.25, 0.3) is 0 Å². The summed E-state index contributed by atoms with van der Waals surface area (Å²) in [5.41, 5.74) is 2.60. The maximum atomic E-state index is 11.5. The van der Waals surface area contributed by atoms with Gasteiger partial charge in [-0.2, -0.15) is 15.8 Å². The molecule has 0 aliphatic carbocycles. The Hall–Kier alpha value is -3.30. The summed E-state index contributed by atoms with van der Waals surface area (Å²) in [6, 6.07) is 8.87. The zero-order valence-corrected chi connectivity index (χ0v) is 11.3. The third kappa shape index (κ3) is 2.83. The van der Waals surface area contributed by atoms with Gasteiger partial charge in [0.15, 0.2) is 5.57 Å². The van der Waals surface area contributed by atoms with Crippen LogP contribution in [0.4, 0.5) is 11.4 Å². The van der Waals surface area contributed by atoms with E-state index >= 15 is 0 Å². The van der Waals surface area contributed by atoms with Crippen LogP contribution in [0.15, 0.2) is 23.4 Å². The second kappa shape index (κ2) is 5.77. The Labute approximate surface area is 121 Å². The van der Waals surface area contributed by atoms with E-state index in [-0.39, 0.29) is 17.2 Å². The zero-order valence-electron chi connectivity index (χ0n) is 11.3. The van der Waals surface area contributed by atoms with Crippen LogP contribution in [-0.4, -0.2) is 5.91 Å². The standard InChI is InChI=1S/C15H11N5O/c1-9-4-10-2-3-14(21)20-15(10)12(5-9)19-13(8-18)11(6-16)7-17/h4-5,19H,2-3H2,1H3,(H,20,21). The van der Waals surface area contributed by atoms with Crippen LogP contribution < -0.4 is 10.6 Å². The van der Waals surface area contributed by atoms with Crippen molar-refractivity contribution in [2.75, 3.05) is 10.6 Å². The van der Waals surface area contributed by atoms with Crippen LogP contribution >= 0.6 is 0 Å². The number of allylic oxidation sites excluding steroid dienone is 2. The second-order valence-corrected chi connectivity index (χ2v) is 4.61. The first kappa shape index (κ1) is 14.1. The average Bonchev–Trinajstić information content (AvgIpc) is 2.47. The molecule has 102 valence electrons. The van der Waals surface area contributed by atoms with E-state index in [0.717, 1.165) is 11.1 Å². The highest BCUT2D eigenvalue weighted by Gasteiger charge is 2.19. The number of anilines is 2. The van der Waals surface area contributed by atoms with Gasteiger partial charge in [-0.05, 0) is 30.5 Å². The molecule has 2 rings (SSSR count). The average molecular weight is 277 g/mol. The lowest BCUT2D eigenvalue weighted by Gasteiger charge is -2.21. The van der Waals surface area contributed by atoms with Gasteiger partial charge in [-0.1, -0.05) is 6.07 Å². The highest BCUT2D eigenvalue weighted by molar-refractivity contribution is 5.98. The SMILES string of the molecule is Cc1cc2c(c(NC(C#N)=C(C#N)C#N)c1)NC(=O)CC2. The molecule has 1 aliphatic heterocycles. The van der Waals surface area contributed by atoms with Gasteiger partial charge in [0.05, 0.1) is 11.4 Å². The fourth-order valence-electron chi connectivity index (χ4n) is 2.17. The molecule has 21 heavy (non-hydrogen) atoms. The quantitative estimate of drug-likeness (QED) is 0.804. The number of carbonyl (C=O) groups is 1. The number of nitriles is 3. The minimum absolute atomic E-state index is 0.0994. The summed E-state index contributed by atoms with van der Waals surface area (Å²) < 4.78 is 0. The van der Waals surface area contributed by atoms with Crippen LogP contribution in [-0.2, 0) is 11.2 Å². The molecule has 6 heteroatoms. The molecule has 0 radical (unpaired) electrons. The van der Waals surface area contributed by atoms with E-state index < -0.39 is 0 Å². The molecule has 0 saturated heterocycles. The first-order valence-electron chi connectivity index (χ1n) is 6.24. The Morgan fingerprint density at radius 2 is 1.90 bits per heavy atom. The minimum Gasteiger partial charge on any atom is -0.343 e. The lowest BCUT2D eigenvalue weighted by molar-refractivity contribution is -0.116. The number of amides is 1. The van der Waals surface area contributed by atoms with Crippen molar-refractivity contribution in [1.29, 1.82) is 15.8 Å². The molecule has 2 N–H and O–H groups in total. The van der Waals surface area contributed by atoms with Crippen molar-refractivity contribution in [3.8, 4) is 18.2 Å². The van der Waals surface area contributed by atoms with E-state index in [1.54, 1.807) is 24.3 Å². The van der Waals surface area contributed by atoms with E-state index in [0.29, 0.717) is 24.2 Å². The van der Waals surface area contributed by atoms with Gasteiger partial charge in [0.25, 0.3) is 0 Å². The Balaban J connectivity index is 2.51. The summed E-state index contributed by atoms with van der Waals surface area (Å²) >= 11 is 0. The Morgan fingerprint density at radius 1 is 1.19 bits per heavy atom. The molecule has 0 atom stereocenters. The fourth-order valence-corrected chi connectivity index (χ4v) is 2.17. The number of hydrogen-bond acceptors (Lipinski definition) is 5. The monoisotopic (exact) mass is 277 g/mol. The summed E-state index contributed by atoms with van der Waals surface area (Å²) in [5.74, 6) is -0.0994. The summed E-state index contributed by atoms with van der Waals surface area (Å²) in [6.45, 7) is 1.90. The van der Waals surface area contributed by atoms with Gasteiger partial charge >= 0.3 is 0 Å². The van der Waals surface area contributed by atoms with E-state index in [2.05, 4.69) is 10.6 Å². The maximum Gasteiger partial charge on any atom is 0.224 e. The number of benzene rings is 1. The molecule has 1 amide bonds. The van der Waals surface area contributed by atoms with Gasteiger partial charge in [-0.15, -0.1) is 0 Å². The molecule has 0 saturated carbocycles. The topological polar surface area (TPSA) is 112 Å². The molecule has 1 heterocycles. The van der Waals surface area contributed by atoms with E-state index in [1.165, 1.54) is 0 Å². The highest BCUT2D eigenvalue weighted by Crippen LogP contribution is 2.33. The van der Waals surface area contributed by atoms with Crippen molar-refractivity contribution < 1.29 is 4.79 Å². The number of carbonyl (C=O) groups excluding carboxylic acids is 1. The van der Waals surface area contributed by atoms with E-state index in [1.807, 2.05) is 13.0 Å². The molecule has 0 unspecified atom stereocenters. The smallest absolute Gasteiger partial charge is 0.224 e. The lowest BCUT2D eigenvalue weighted by atomic mass is 9.99. The molecule has 6 nitrogen and oxygen atoms in total. The number of hydrogen-bond donors (Lipinski definition) is 2. The Kier molecular flexibility index (Phi) is 3.88. The number of nitrogens with zero attached hydrogens (tertiary/aromatic N) is 3. The molecule has 1 aliphatic rings. The number of aryl methyl sites for hydroxylation is 2. The summed E-state index contributed by atoms with van der Waals surface area (Å²) in [5, 5.41) is 32.3. The van der Waals surface area contributed by atoms with Crippen LogP contribution in [0.1, 0.15) is 17.5 Å². The van der Waals surface area contributed by atoms with Crippen molar-refractivity contribution in [3.05, 3.63) is 34.5 Å². The summed E-state index contributed by atoms with van der Waals surface area (Å²) in [6.07, 6.45) is 1.03. The molecule has 1 aromatic rings. The Morgan fingerprint density at radius 3 is 2.52 bits per heavy atom. The van der Waals surface area contributed by atoms with Gasteiger partial charge in [0.1, 0.15) is 23.9 Å². The van der Waals surface area contributed by atoms with Gasteiger partial charge in [0.2, 0.25) is 5.91 Å². The van der Waals surface area contributed by atoms with Gasteiger partial charge < -0.3 is 10.6 Å². The molecular weight excluding hydrogens is 266 g/mol. The van der Waals surface area contributed by atoms with E-state index in [4.69, 9.17) is 15.8 Å². The highest BCUT2D eigenvalue weighted by atomic mass is 16.1. The fraction of sp³-hybridized carbons (Fsp3) is 0.200. The predicted octanol–water partition coefficient (Wildman–Crippen LogP) is 2.12. The van der Waals surface area contributed by atoms with Crippen molar-refractivity contribution >= 4 is 17.3 Å². The number of nitrogens with one attached hydrogen (secondary N) is 2. The number of rotatable bonds is 2. The second-order valence-electron chi connectivity index (χ2n) is 4.61. The molecule has 1 aromatic carbocycles. The van der Waals surface area contributed by atoms with Crippen LogP contribution in [0, 0.1) is 40.9 Å². The molecule has 0 bridgehead atoms. The van der Waals surface area contributed by atoms with Crippen molar-refractivity contribution in [2.24, 2.45) is 0 Å². The largest absolute Gasteiger partial charge is 0.343 e. The van der Waals surface area contributed by atoms with Gasteiger partial charge in [-0.25, -0.2) is 0 Å². The normalized spacial score (nSPS) is 12.0. The van der Waals surface area contributed by atoms with Crippen molar-refractivity contribution in [3.63, 3.8) is 0 Å². The molecule has 0 aromatic heterocycles. The van der Waals surface area contributed by atoms with E-state index in [9.17, 15) is 4.79 Å².